The second kappa shape index (κ2) is 9.60. The van der Waals surface area contributed by atoms with Gasteiger partial charge >= 0.3 is 28.4 Å². The number of fused-ring (bicyclic) bond motifs is 2. The number of halogens is 2. The van der Waals surface area contributed by atoms with Crippen molar-refractivity contribution in [3.63, 3.8) is 0 Å². The van der Waals surface area contributed by atoms with Gasteiger partial charge in [0.1, 0.15) is 0 Å². The summed E-state index contributed by atoms with van der Waals surface area (Å²) in [4.78, 5) is 0. The summed E-state index contributed by atoms with van der Waals surface area (Å²) in [6, 6.07) is 17.7. The molecule has 2 aliphatic rings. The minimum atomic E-state index is -1.37. The van der Waals surface area contributed by atoms with Crippen LogP contribution in [0.5, 0.6) is 0 Å². The van der Waals surface area contributed by atoms with Crippen LogP contribution >= 0.6 is 0 Å². The monoisotopic (exact) mass is 475 g/mol. The Morgan fingerprint density at radius 2 is 1.38 bits per heavy atom. The first kappa shape index (κ1) is 23.5. The van der Waals surface area contributed by atoms with E-state index in [0.717, 1.165) is 0 Å². The van der Waals surface area contributed by atoms with Crippen LogP contribution in [0.4, 0.5) is 0 Å². The summed E-state index contributed by atoms with van der Waals surface area (Å²) >= 11 is 1.30. The van der Waals surface area contributed by atoms with E-state index in [9.17, 15) is 0 Å². The molecule has 0 spiro atoms. The van der Waals surface area contributed by atoms with E-state index < -0.39 is 8.07 Å². The zero-order chi connectivity index (χ0) is 17.3. The Hall–Kier alpha value is -0.530. The maximum Gasteiger partial charge on any atom is -1.00 e. The van der Waals surface area contributed by atoms with Crippen molar-refractivity contribution in [1.29, 1.82) is 0 Å². The van der Waals surface area contributed by atoms with Crippen molar-refractivity contribution in [2.75, 3.05) is 0 Å². The Morgan fingerprint density at radius 3 is 2.00 bits per heavy atom. The van der Waals surface area contributed by atoms with E-state index in [1.807, 2.05) is 0 Å². The van der Waals surface area contributed by atoms with Crippen molar-refractivity contribution in [3.05, 3.63) is 82.1 Å². The molecule has 0 fully saturated rings. The molecule has 2 aromatic rings. The predicted molar refractivity (Wildman–Crippen MR) is 105 cm³/mol. The van der Waals surface area contributed by atoms with Crippen LogP contribution in [0.3, 0.4) is 0 Å². The third-order valence-electron chi connectivity index (χ3n) is 4.93. The number of hydrogen-bond donors (Lipinski definition) is 0. The smallest absolute Gasteiger partial charge is 1.00 e. The van der Waals surface area contributed by atoms with Gasteiger partial charge in [0.05, 0.1) is 8.07 Å². The summed E-state index contributed by atoms with van der Waals surface area (Å²) in [6.07, 6.45) is 8.31. The van der Waals surface area contributed by atoms with Crippen LogP contribution < -0.4 is 24.8 Å². The fourth-order valence-electron chi connectivity index (χ4n) is 3.86. The topological polar surface area (TPSA) is 0 Å². The van der Waals surface area contributed by atoms with Gasteiger partial charge in [-0.25, -0.2) is 6.08 Å². The Kier molecular flexibility index (Phi) is 8.68. The number of benzene rings is 2. The van der Waals surface area contributed by atoms with Gasteiger partial charge in [-0.1, -0.05) is 79.3 Å². The molecule has 0 saturated heterocycles. The van der Waals surface area contributed by atoms with E-state index in [0.29, 0.717) is 11.8 Å². The number of allylic oxidation sites excluding steroid dienone is 2. The van der Waals surface area contributed by atoms with Crippen molar-refractivity contribution < 1.29 is 49.0 Å². The summed E-state index contributed by atoms with van der Waals surface area (Å²) in [5, 5.41) is 1.66. The first-order chi connectivity index (χ1) is 11.6. The van der Waals surface area contributed by atoms with Crippen LogP contribution in [-0.2, 0) is 24.2 Å². The molecule has 0 aromatic heterocycles. The molecule has 0 amide bonds. The third kappa shape index (κ3) is 4.30. The van der Waals surface area contributed by atoms with E-state index >= 15 is 0 Å². The largest absolute Gasteiger partial charge is 1.00 e. The molecule has 2 atom stereocenters. The number of rotatable bonds is 2. The average Bonchev–Trinajstić information content (AvgIpc) is 3.17. The quantitative estimate of drug-likeness (QED) is 0.409. The fraction of sp³-hybridized carbons (Fsp3) is 0.227. The Morgan fingerprint density at radius 1 is 0.846 bits per heavy atom. The summed E-state index contributed by atoms with van der Waals surface area (Å²) in [5.41, 5.74) is 5.68. The van der Waals surface area contributed by atoms with Crippen LogP contribution in [0.2, 0.25) is 19.6 Å². The maximum absolute atomic E-state index is 3.66. The van der Waals surface area contributed by atoms with Gasteiger partial charge in [0, 0.05) is 0 Å². The van der Waals surface area contributed by atoms with Crippen molar-refractivity contribution >= 4 is 24.4 Å². The van der Waals surface area contributed by atoms with Crippen molar-refractivity contribution in [3.8, 4) is 0 Å². The Balaban J connectivity index is 0.000000818. The molecule has 4 heteroatoms. The van der Waals surface area contributed by atoms with Crippen molar-refractivity contribution in [1.82, 2.24) is 0 Å². The van der Waals surface area contributed by atoms with E-state index in [2.05, 4.69) is 90.6 Å². The van der Waals surface area contributed by atoms with Crippen LogP contribution in [0, 0.1) is 6.08 Å². The summed E-state index contributed by atoms with van der Waals surface area (Å²) < 4.78 is 3.34. The molecule has 0 bridgehead atoms. The van der Waals surface area contributed by atoms with E-state index in [1.54, 1.807) is 5.20 Å². The van der Waals surface area contributed by atoms with Crippen LogP contribution in [0.25, 0.3) is 12.2 Å². The molecule has 0 nitrogen and oxygen atoms in total. The molecule has 2 unspecified atom stereocenters. The molecular formula is C22H23Cl2SiZr-. The first-order valence-corrected chi connectivity index (χ1v) is 13.6. The molecule has 0 heterocycles. The second-order valence-corrected chi connectivity index (χ2v) is 12.5. The van der Waals surface area contributed by atoms with Crippen molar-refractivity contribution in [2.24, 2.45) is 0 Å². The van der Waals surface area contributed by atoms with Crippen molar-refractivity contribution in [2.45, 2.75) is 31.5 Å². The zero-order valence-corrected chi connectivity index (χ0v) is 20.4. The molecule has 0 aliphatic heterocycles. The van der Waals surface area contributed by atoms with E-state index in [-0.39, 0.29) is 24.8 Å². The fourth-order valence-corrected chi connectivity index (χ4v) is 5.71. The Bertz CT molecular complexity index is 821. The van der Waals surface area contributed by atoms with E-state index in [4.69, 9.17) is 0 Å². The van der Waals surface area contributed by atoms with Crippen LogP contribution in [0.1, 0.15) is 34.1 Å². The van der Waals surface area contributed by atoms with Gasteiger partial charge in [-0.3, -0.25) is 6.08 Å². The molecule has 2 aliphatic carbocycles. The third-order valence-corrected chi connectivity index (χ3v) is 7.11. The van der Waals surface area contributed by atoms with Gasteiger partial charge < -0.3 is 24.8 Å². The molecular weight excluding hydrogens is 454 g/mol. The molecule has 134 valence electrons. The molecule has 0 radical (unpaired) electrons. The summed E-state index contributed by atoms with van der Waals surface area (Å²) in [5.74, 6) is 0.848. The molecule has 0 N–H and O–H groups in total. The summed E-state index contributed by atoms with van der Waals surface area (Å²) in [6.45, 7) is 7.38. The maximum atomic E-state index is 3.66. The van der Waals surface area contributed by atoms with Gasteiger partial charge in [0.15, 0.2) is 0 Å². The molecule has 0 saturated carbocycles. The minimum absolute atomic E-state index is 0. The molecule has 4 rings (SSSR count). The zero-order valence-electron chi connectivity index (χ0n) is 15.4. The Labute approximate surface area is 186 Å². The SMILES string of the molecule is C[Si](C)(C)C1=Cc2ccccc2C1C1[C-]=Cc2ccccc21.[CH2]=[Zr+2].[Cl-].[Cl-]. The minimum Gasteiger partial charge on any atom is -1.00 e. The standard InChI is InChI=1S/C21H21Si.CH2.2ClH.Zr/c1-22(2,3)20-14-16-9-5-7-11-18(16)21(20)19-13-12-15-8-4-6-10-17(15)19;;;;/h4-12,14,19,21H,1-3H3;1H2;2*1H;/q-1;;;;+2/p-2. The van der Waals surface area contributed by atoms with Gasteiger partial charge in [0.25, 0.3) is 0 Å². The molecule has 2 aromatic carbocycles. The second-order valence-electron chi connectivity index (χ2n) is 7.37. The predicted octanol–water partition coefficient (Wildman–Crippen LogP) is -0.368. The normalized spacial score (nSPS) is 19.2. The van der Waals surface area contributed by atoms with Gasteiger partial charge in [-0.05, 0) is 17.0 Å². The van der Waals surface area contributed by atoms with Gasteiger partial charge in [-0.15, -0.1) is 11.6 Å². The number of hydrogen-bond acceptors (Lipinski definition) is 0. The van der Waals surface area contributed by atoms with Gasteiger partial charge in [-0.2, -0.15) is 5.56 Å². The van der Waals surface area contributed by atoms with Crippen LogP contribution in [0.15, 0.2) is 53.7 Å². The van der Waals surface area contributed by atoms with Gasteiger partial charge in [0.2, 0.25) is 0 Å². The first-order valence-electron chi connectivity index (χ1n) is 8.40. The summed E-state index contributed by atoms with van der Waals surface area (Å²) in [7, 11) is -1.37. The average molecular weight is 478 g/mol. The molecule has 26 heavy (non-hydrogen) atoms. The van der Waals surface area contributed by atoms with Crippen LogP contribution in [-0.4, -0.2) is 12.3 Å². The van der Waals surface area contributed by atoms with E-state index in [1.165, 1.54) is 46.5 Å².